The molecule has 1 unspecified atom stereocenters. The van der Waals surface area contributed by atoms with E-state index in [-0.39, 0.29) is 10.7 Å². The first-order chi connectivity index (χ1) is 9.60. The second-order valence-electron chi connectivity index (χ2n) is 4.22. The van der Waals surface area contributed by atoms with Crippen molar-refractivity contribution in [1.82, 2.24) is 5.32 Å². The zero-order valence-corrected chi connectivity index (χ0v) is 13.5. The molecule has 0 heterocycles. The maximum atomic E-state index is 11.8. The summed E-state index contributed by atoms with van der Waals surface area (Å²) in [4.78, 5) is 11.9. The second-order valence-corrected chi connectivity index (χ2v) is 5.52. The number of rotatable bonds is 8. The van der Waals surface area contributed by atoms with Crippen LogP contribution in [0.4, 0.5) is 0 Å². The molecule has 0 spiro atoms. The number of hydrogen-bond donors (Lipinski definition) is 1. The Morgan fingerprint density at radius 2 is 1.95 bits per heavy atom. The van der Waals surface area contributed by atoms with E-state index in [9.17, 15) is 4.79 Å². The number of alkyl halides is 1. The molecule has 1 N–H and O–H groups in total. The topological polar surface area (TPSA) is 56.8 Å². The van der Waals surface area contributed by atoms with Gasteiger partial charge in [0.05, 0.1) is 32.1 Å². The molecule has 1 aromatic carbocycles. The Balaban J connectivity index is 2.53. The van der Waals surface area contributed by atoms with Crippen LogP contribution in [0.2, 0.25) is 0 Å². The molecular weight excluding hydrogens is 326 g/mol. The standard InChI is InChI=1S/C14H20BrNO4/c1-18-9-11(15)8-16-14(17)7-10-4-5-12(19-2)13(6-10)20-3/h4-6,11H,7-9H2,1-3H3,(H,16,17). The van der Waals surface area contributed by atoms with Gasteiger partial charge in [-0.05, 0) is 17.7 Å². The molecule has 0 aliphatic rings. The van der Waals surface area contributed by atoms with Gasteiger partial charge in [0.1, 0.15) is 0 Å². The molecule has 1 aromatic rings. The van der Waals surface area contributed by atoms with Crippen LogP contribution in [0.3, 0.4) is 0 Å². The quantitative estimate of drug-likeness (QED) is 0.729. The van der Waals surface area contributed by atoms with E-state index in [1.807, 2.05) is 6.07 Å². The molecule has 1 rings (SSSR count). The molecule has 0 aliphatic heterocycles. The number of benzene rings is 1. The first-order valence-electron chi connectivity index (χ1n) is 6.21. The summed E-state index contributed by atoms with van der Waals surface area (Å²) in [6.07, 6.45) is 0.299. The molecule has 1 atom stereocenters. The predicted molar refractivity (Wildman–Crippen MR) is 80.9 cm³/mol. The van der Waals surface area contributed by atoms with Crippen LogP contribution in [0.25, 0.3) is 0 Å². The van der Waals surface area contributed by atoms with E-state index in [1.54, 1.807) is 33.5 Å². The van der Waals surface area contributed by atoms with E-state index in [0.29, 0.717) is 31.1 Å². The number of halogens is 1. The zero-order valence-electron chi connectivity index (χ0n) is 11.9. The SMILES string of the molecule is COCC(Br)CNC(=O)Cc1ccc(OC)c(OC)c1. The maximum absolute atomic E-state index is 11.8. The molecule has 112 valence electrons. The fourth-order valence-electron chi connectivity index (χ4n) is 1.70. The summed E-state index contributed by atoms with van der Waals surface area (Å²) in [5.74, 6) is 1.23. The first-order valence-corrected chi connectivity index (χ1v) is 7.12. The number of hydrogen-bond acceptors (Lipinski definition) is 4. The highest BCUT2D eigenvalue weighted by molar-refractivity contribution is 9.09. The third-order valence-electron chi connectivity index (χ3n) is 2.68. The summed E-state index contributed by atoms with van der Waals surface area (Å²) in [6, 6.07) is 5.44. The number of methoxy groups -OCH3 is 3. The fourth-order valence-corrected chi connectivity index (χ4v) is 2.13. The molecule has 0 radical (unpaired) electrons. The van der Waals surface area contributed by atoms with Gasteiger partial charge >= 0.3 is 0 Å². The summed E-state index contributed by atoms with van der Waals surface area (Å²) < 4.78 is 15.3. The van der Waals surface area contributed by atoms with Crippen molar-refractivity contribution in [3.63, 3.8) is 0 Å². The number of ether oxygens (including phenoxy) is 3. The van der Waals surface area contributed by atoms with Crippen LogP contribution in [-0.2, 0) is 16.0 Å². The molecule has 6 heteroatoms. The van der Waals surface area contributed by atoms with Gasteiger partial charge in [-0.1, -0.05) is 22.0 Å². The third kappa shape index (κ3) is 5.38. The Morgan fingerprint density at radius 1 is 1.25 bits per heavy atom. The number of carbonyl (C=O) groups excluding carboxylic acids is 1. The average Bonchev–Trinajstić information content (AvgIpc) is 2.45. The first kappa shape index (κ1) is 16.8. The van der Waals surface area contributed by atoms with Gasteiger partial charge in [0, 0.05) is 13.7 Å². The highest BCUT2D eigenvalue weighted by Crippen LogP contribution is 2.27. The average molecular weight is 346 g/mol. The molecule has 0 fully saturated rings. The molecule has 0 saturated carbocycles. The molecule has 0 aliphatic carbocycles. The van der Waals surface area contributed by atoms with Crippen molar-refractivity contribution in [1.29, 1.82) is 0 Å². The van der Waals surface area contributed by atoms with Crippen LogP contribution in [0.5, 0.6) is 11.5 Å². The van der Waals surface area contributed by atoms with Gasteiger partial charge in [0.15, 0.2) is 11.5 Å². The van der Waals surface area contributed by atoms with Gasteiger partial charge < -0.3 is 19.5 Å². The van der Waals surface area contributed by atoms with Gasteiger partial charge in [0.25, 0.3) is 0 Å². The van der Waals surface area contributed by atoms with Crippen LogP contribution in [0, 0.1) is 0 Å². The van der Waals surface area contributed by atoms with Gasteiger partial charge in [0.2, 0.25) is 5.91 Å². The maximum Gasteiger partial charge on any atom is 0.224 e. The zero-order chi connectivity index (χ0) is 15.0. The molecule has 20 heavy (non-hydrogen) atoms. The van der Waals surface area contributed by atoms with E-state index in [0.717, 1.165) is 5.56 Å². The van der Waals surface area contributed by atoms with Crippen LogP contribution >= 0.6 is 15.9 Å². The van der Waals surface area contributed by atoms with Crippen molar-refractivity contribution in [2.45, 2.75) is 11.2 Å². The van der Waals surface area contributed by atoms with Gasteiger partial charge in [-0.2, -0.15) is 0 Å². The Kier molecular flexibility index (Phi) is 7.40. The van der Waals surface area contributed by atoms with Crippen LogP contribution in [0.1, 0.15) is 5.56 Å². The summed E-state index contributed by atoms with van der Waals surface area (Å²) in [5, 5.41) is 2.84. The molecule has 1 amide bonds. The summed E-state index contributed by atoms with van der Waals surface area (Å²) in [7, 11) is 4.78. The molecule has 0 saturated heterocycles. The monoisotopic (exact) mass is 345 g/mol. The van der Waals surface area contributed by atoms with Crippen LogP contribution in [0.15, 0.2) is 18.2 Å². The molecule has 0 bridgehead atoms. The van der Waals surface area contributed by atoms with E-state index in [4.69, 9.17) is 14.2 Å². The number of amides is 1. The van der Waals surface area contributed by atoms with Crippen molar-refractivity contribution >= 4 is 21.8 Å². The lowest BCUT2D eigenvalue weighted by atomic mass is 10.1. The minimum Gasteiger partial charge on any atom is -0.493 e. The second kappa shape index (κ2) is 8.81. The lowest BCUT2D eigenvalue weighted by molar-refractivity contribution is -0.120. The fraction of sp³-hybridized carbons (Fsp3) is 0.500. The number of nitrogens with one attached hydrogen (secondary N) is 1. The molecular formula is C14H20BrNO4. The van der Waals surface area contributed by atoms with E-state index in [2.05, 4.69) is 21.2 Å². The van der Waals surface area contributed by atoms with Crippen molar-refractivity contribution in [2.24, 2.45) is 0 Å². The predicted octanol–water partition coefficient (Wildman–Crippen LogP) is 1.77. The van der Waals surface area contributed by atoms with Crippen molar-refractivity contribution in [3.8, 4) is 11.5 Å². The Morgan fingerprint density at radius 3 is 2.55 bits per heavy atom. The smallest absolute Gasteiger partial charge is 0.224 e. The number of carbonyl (C=O) groups is 1. The van der Waals surface area contributed by atoms with Gasteiger partial charge in [-0.3, -0.25) is 4.79 Å². The van der Waals surface area contributed by atoms with Crippen molar-refractivity contribution in [2.75, 3.05) is 34.5 Å². The van der Waals surface area contributed by atoms with Crippen molar-refractivity contribution in [3.05, 3.63) is 23.8 Å². The van der Waals surface area contributed by atoms with E-state index in [1.165, 1.54) is 0 Å². The molecule has 0 aromatic heterocycles. The lowest BCUT2D eigenvalue weighted by Crippen LogP contribution is -2.32. The largest absolute Gasteiger partial charge is 0.493 e. The summed E-state index contributed by atoms with van der Waals surface area (Å²) in [5.41, 5.74) is 0.873. The Labute approximate surface area is 127 Å². The Hall–Kier alpha value is -1.27. The highest BCUT2D eigenvalue weighted by atomic mass is 79.9. The minimum absolute atomic E-state index is 0.0437. The van der Waals surface area contributed by atoms with Crippen molar-refractivity contribution < 1.29 is 19.0 Å². The third-order valence-corrected chi connectivity index (χ3v) is 3.27. The minimum atomic E-state index is -0.0437. The molecule has 5 nitrogen and oxygen atoms in total. The summed E-state index contributed by atoms with van der Waals surface area (Å²) >= 11 is 3.42. The summed E-state index contributed by atoms with van der Waals surface area (Å²) in [6.45, 7) is 1.08. The Bertz CT molecular complexity index is 439. The van der Waals surface area contributed by atoms with E-state index >= 15 is 0 Å². The van der Waals surface area contributed by atoms with E-state index < -0.39 is 0 Å². The lowest BCUT2D eigenvalue weighted by Gasteiger charge is -2.11. The highest BCUT2D eigenvalue weighted by Gasteiger charge is 2.10. The normalized spacial score (nSPS) is 11.8. The van der Waals surface area contributed by atoms with Crippen LogP contribution in [-0.4, -0.2) is 45.2 Å². The van der Waals surface area contributed by atoms with Gasteiger partial charge in [-0.25, -0.2) is 0 Å². The van der Waals surface area contributed by atoms with Gasteiger partial charge in [-0.15, -0.1) is 0 Å². The van der Waals surface area contributed by atoms with Crippen LogP contribution < -0.4 is 14.8 Å².